The molecule has 4 rings (SSSR count). The van der Waals surface area contributed by atoms with Crippen molar-refractivity contribution in [2.45, 2.75) is 6.54 Å². The first-order chi connectivity index (χ1) is 14.7. The summed E-state index contributed by atoms with van der Waals surface area (Å²) in [5, 5.41) is 9.02. The maximum absolute atomic E-state index is 12.7. The van der Waals surface area contributed by atoms with E-state index in [1.54, 1.807) is 12.1 Å². The summed E-state index contributed by atoms with van der Waals surface area (Å²) < 4.78 is 1.82. The molecule has 0 atom stereocenters. The second-order valence-corrected chi connectivity index (χ2v) is 6.92. The number of carbonyl (C=O) groups excluding carboxylic acids is 2. The topological polar surface area (TPSA) is 62.9 Å². The molecule has 1 aromatic heterocycles. The molecule has 0 aliphatic rings. The first-order valence-corrected chi connectivity index (χ1v) is 9.54. The molecule has 4 heteroatoms. The summed E-state index contributed by atoms with van der Waals surface area (Å²) in [6, 6.07) is 28.8. The largest absolute Gasteiger partial charge is 0.339 e. The molecule has 0 aliphatic heterocycles. The van der Waals surface area contributed by atoms with Gasteiger partial charge in [-0.1, -0.05) is 72.8 Å². The number of benzene rings is 3. The van der Waals surface area contributed by atoms with Gasteiger partial charge in [0.05, 0.1) is 11.6 Å². The van der Waals surface area contributed by atoms with Crippen LogP contribution in [0.2, 0.25) is 0 Å². The maximum Gasteiger partial charge on any atom is 0.242 e. The third kappa shape index (κ3) is 3.69. The van der Waals surface area contributed by atoms with E-state index in [0.717, 1.165) is 27.8 Å². The summed E-state index contributed by atoms with van der Waals surface area (Å²) in [7, 11) is 0. The second kappa shape index (κ2) is 8.42. The fraction of sp³-hybridized carbons (Fsp3) is 0.0385. The molecule has 1 heterocycles. The van der Waals surface area contributed by atoms with E-state index in [2.05, 4.69) is 6.07 Å². The number of hydrogen-bond donors (Lipinski definition) is 0. The van der Waals surface area contributed by atoms with Crippen molar-refractivity contribution in [1.82, 2.24) is 4.57 Å². The smallest absolute Gasteiger partial charge is 0.242 e. The van der Waals surface area contributed by atoms with Crippen molar-refractivity contribution in [3.8, 4) is 28.3 Å². The van der Waals surface area contributed by atoms with Crippen molar-refractivity contribution in [2.24, 2.45) is 0 Å². The van der Waals surface area contributed by atoms with Crippen LogP contribution in [0.4, 0.5) is 0 Å². The molecule has 0 fully saturated rings. The van der Waals surface area contributed by atoms with Crippen LogP contribution >= 0.6 is 0 Å². The van der Waals surface area contributed by atoms with E-state index in [9.17, 15) is 9.59 Å². The molecule has 3 aromatic carbocycles. The number of Topliss-reactive ketones (excluding diaryl/α,β-unsaturated/α-hetero) is 1. The molecule has 0 N–H and O–H groups in total. The first kappa shape index (κ1) is 19.1. The van der Waals surface area contributed by atoms with Gasteiger partial charge >= 0.3 is 0 Å². The van der Waals surface area contributed by atoms with E-state index in [1.165, 1.54) is 0 Å². The Morgan fingerprint density at radius 2 is 1.47 bits per heavy atom. The van der Waals surface area contributed by atoms with E-state index >= 15 is 0 Å². The molecule has 0 radical (unpaired) electrons. The van der Waals surface area contributed by atoms with Gasteiger partial charge in [0.25, 0.3) is 0 Å². The lowest BCUT2D eigenvalue weighted by molar-refractivity contribution is -0.104. The number of hydrogen-bond acceptors (Lipinski definition) is 3. The van der Waals surface area contributed by atoms with Crippen molar-refractivity contribution >= 4 is 12.1 Å². The Bertz CT molecular complexity index is 1230. The lowest BCUT2D eigenvalue weighted by Gasteiger charge is -2.10. The van der Waals surface area contributed by atoms with Gasteiger partial charge in [0, 0.05) is 23.9 Å². The quantitative estimate of drug-likeness (QED) is 0.261. The normalized spacial score (nSPS) is 10.4. The highest BCUT2D eigenvalue weighted by atomic mass is 16.2. The Labute approximate surface area is 174 Å². The Balaban J connectivity index is 1.93. The van der Waals surface area contributed by atoms with Crippen LogP contribution in [0.15, 0.2) is 91.1 Å². The lowest BCUT2D eigenvalue weighted by atomic mass is 9.96. The Morgan fingerprint density at radius 3 is 2.03 bits per heavy atom. The van der Waals surface area contributed by atoms with E-state index in [1.807, 2.05) is 83.6 Å². The van der Waals surface area contributed by atoms with Crippen molar-refractivity contribution in [1.29, 1.82) is 5.26 Å². The molecule has 4 aromatic rings. The van der Waals surface area contributed by atoms with E-state index in [0.29, 0.717) is 24.1 Å². The zero-order chi connectivity index (χ0) is 20.9. The summed E-state index contributed by atoms with van der Waals surface area (Å²) >= 11 is 0. The van der Waals surface area contributed by atoms with Gasteiger partial charge in [0.2, 0.25) is 5.78 Å². The highest BCUT2D eigenvalue weighted by Crippen LogP contribution is 2.37. The minimum absolute atomic E-state index is 0.361. The second-order valence-electron chi connectivity index (χ2n) is 6.92. The minimum Gasteiger partial charge on any atom is -0.339 e. The van der Waals surface area contributed by atoms with Crippen LogP contribution in [-0.2, 0) is 11.3 Å². The van der Waals surface area contributed by atoms with Crippen molar-refractivity contribution < 1.29 is 9.59 Å². The van der Waals surface area contributed by atoms with E-state index < -0.39 is 5.78 Å². The van der Waals surface area contributed by atoms with Crippen molar-refractivity contribution in [3.05, 3.63) is 108 Å². The van der Waals surface area contributed by atoms with Crippen LogP contribution in [0.1, 0.15) is 21.6 Å². The molecular weight excluding hydrogens is 372 g/mol. The summed E-state index contributed by atoms with van der Waals surface area (Å²) in [4.78, 5) is 24.3. The third-order valence-corrected chi connectivity index (χ3v) is 5.00. The molecular formula is C26H18N2O2. The molecule has 30 heavy (non-hydrogen) atoms. The first-order valence-electron chi connectivity index (χ1n) is 9.54. The molecule has 0 saturated heterocycles. The van der Waals surface area contributed by atoms with Crippen LogP contribution in [0.3, 0.4) is 0 Å². The Hall–Kier alpha value is -4.23. The summed E-state index contributed by atoms with van der Waals surface area (Å²) in [6.45, 7) is 0.410. The maximum atomic E-state index is 12.7. The van der Waals surface area contributed by atoms with Crippen molar-refractivity contribution in [3.63, 3.8) is 0 Å². The fourth-order valence-electron chi connectivity index (χ4n) is 3.62. The monoisotopic (exact) mass is 390 g/mol. The van der Waals surface area contributed by atoms with E-state index in [-0.39, 0.29) is 0 Å². The van der Waals surface area contributed by atoms with Gasteiger partial charge in [-0.2, -0.15) is 5.26 Å². The van der Waals surface area contributed by atoms with Crippen LogP contribution in [0.25, 0.3) is 22.3 Å². The predicted molar refractivity (Wildman–Crippen MR) is 116 cm³/mol. The standard InChI is InChI=1S/C26H18N2O2/c27-15-19-11-13-20(14-12-19)16-28-17-23(21-7-3-1-4-8-21)25(26(28)24(30)18-29)22-9-5-2-6-10-22/h1-14,17-18H,16H2. The zero-order valence-corrected chi connectivity index (χ0v) is 16.2. The average Bonchev–Trinajstić information content (AvgIpc) is 3.19. The molecule has 0 bridgehead atoms. The van der Waals surface area contributed by atoms with Crippen LogP contribution in [0.5, 0.6) is 0 Å². The van der Waals surface area contributed by atoms with E-state index in [4.69, 9.17) is 5.26 Å². The van der Waals surface area contributed by atoms with Crippen LogP contribution in [0, 0.1) is 11.3 Å². The van der Waals surface area contributed by atoms with Crippen LogP contribution in [-0.4, -0.2) is 16.6 Å². The molecule has 4 nitrogen and oxygen atoms in total. The highest BCUT2D eigenvalue weighted by molar-refractivity contribution is 6.35. The number of nitriles is 1. The number of nitrogens with zero attached hydrogens (tertiary/aromatic N) is 2. The SMILES string of the molecule is N#Cc1ccc(Cn2cc(-c3ccccc3)c(-c3ccccc3)c2C(=O)C=O)cc1. The molecule has 0 aliphatic carbocycles. The fourth-order valence-corrected chi connectivity index (χ4v) is 3.62. The number of aldehydes is 1. The minimum atomic E-state index is -0.565. The lowest BCUT2D eigenvalue weighted by Crippen LogP contribution is -2.11. The molecule has 0 saturated carbocycles. The molecule has 0 amide bonds. The van der Waals surface area contributed by atoms with Gasteiger partial charge in [-0.25, -0.2) is 0 Å². The van der Waals surface area contributed by atoms with Gasteiger partial charge in [0.15, 0.2) is 6.29 Å². The predicted octanol–water partition coefficient (Wildman–Crippen LogP) is 5.12. The summed E-state index contributed by atoms with van der Waals surface area (Å²) in [6.07, 6.45) is 2.29. The number of aromatic nitrogens is 1. The molecule has 0 spiro atoms. The van der Waals surface area contributed by atoms with Gasteiger partial charge < -0.3 is 4.57 Å². The average molecular weight is 390 g/mol. The summed E-state index contributed by atoms with van der Waals surface area (Å²) in [5.74, 6) is -0.565. The van der Waals surface area contributed by atoms with Gasteiger partial charge in [-0.05, 0) is 28.8 Å². The molecule has 0 unspecified atom stereocenters. The van der Waals surface area contributed by atoms with Gasteiger partial charge in [0.1, 0.15) is 5.69 Å². The molecule has 144 valence electrons. The number of carbonyl (C=O) groups is 2. The van der Waals surface area contributed by atoms with Crippen molar-refractivity contribution in [2.75, 3.05) is 0 Å². The highest BCUT2D eigenvalue weighted by Gasteiger charge is 2.23. The third-order valence-electron chi connectivity index (χ3n) is 5.00. The number of rotatable bonds is 6. The zero-order valence-electron chi connectivity index (χ0n) is 16.2. The van der Waals surface area contributed by atoms with Crippen LogP contribution < -0.4 is 0 Å². The van der Waals surface area contributed by atoms with Gasteiger partial charge in [-0.15, -0.1) is 0 Å². The summed E-state index contributed by atoms with van der Waals surface area (Å²) in [5.41, 5.74) is 5.34. The Morgan fingerprint density at radius 1 is 0.867 bits per heavy atom. The Kier molecular flexibility index (Phi) is 5.36. The van der Waals surface area contributed by atoms with Gasteiger partial charge in [-0.3, -0.25) is 9.59 Å². The number of ketones is 1.